The zero-order chi connectivity index (χ0) is 14.9. The first-order chi connectivity index (χ1) is 9.34. The van der Waals surface area contributed by atoms with Crippen molar-refractivity contribution >= 4 is 23.2 Å². The number of hydrogen-bond acceptors (Lipinski definition) is 3. The molecule has 2 atom stereocenters. The number of rotatable bonds is 2. The minimum absolute atomic E-state index is 0.308. The number of benzene rings is 1. The minimum atomic E-state index is -4.37. The van der Waals surface area contributed by atoms with Gasteiger partial charge >= 0.3 is 12.1 Å². The molecular formula is C13H12F3NO2S. The van der Waals surface area contributed by atoms with Crippen molar-refractivity contribution in [2.75, 3.05) is 13.7 Å². The van der Waals surface area contributed by atoms with E-state index < -0.39 is 23.6 Å². The Morgan fingerprint density at radius 2 is 1.95 bits per heavy atom. The smallest absolute Gasteiger partial charge is 0.416 e. The molecule has 1 heterocycles. The van der Waals surface area contributed by atoms with E-state index in [1.54, 1.807) is 0 Å². The maximum absolute atomic E-state index is 12.5. The lowest BCUT2D eigenvalue weighted by Crippen LogP contribution is -2.26. The second kappa shape index (κ2) is 5.40. The van der Waals surface area contributed by atoms with Crippen LogP contribution < -0.4 is 5.32 Å². The fourth-order valence-corrected chi connectivity index (χ4v) is 2.59. The molecule has 0 aromatic heterocycles. The molecule has 1 saturated heterocycles. The lowest BCUT2D eigenvalue weighted by Gasteiger charge is -2.17. The van der Waals surface area contributed by atoms with Gasteiger partial charge in [-0.3, -0.25) is 4.79 Å². The number of nitrogens with one attached hydrogen (secondary N) is 1. The van der Waals surface area contributed by atoms with Gasteiger partial charge in [0.1, 0.15) is 5.92 Å². The summed E-state index contributed by atoms with van der Waals surface area (Å²) in [6.07, 6.45) is -4.37. The fourth-order valence-electron chi connectivity index (χ4n) is 2.25. The summed E-state index contributed by atoms with van der Waals surface area (Å²) in [5.41, 5.74) is -0.0925. The average Bonchev–Trinajstić information content (AvgIpc) is 2.79. The number of methoxy groups -OCH3 is 1. The number of carbonyl (C=O) groups excluding carboxylic acids is 1. The van der Waals surface area contributed by atoms with E-state index in [2.05, 4.69) is 10.1 Å². The molecule has 1 aliphatic heterocycles. The highest BCUT2D eigenvalue weighted by atomic mass is 32.1. The van der Waals surface area contributed by atoms with Crippen molar-refractivity contribution in [3.63, 3.8) is 0 Å². The van der Waals surface area contributed by atoms with Crippen LogP contribution in [-0.2, 0) is 15.7 Å². The van der Waals surface area contributed by atoms with Gasteiger partial charge in [-0.1, -0.05) is 24.4 Å². The fraction of sp³-hybridized carbons (Fsp3) is 0.385. The van der Waals surface area contributed by atoms with E-state index in [4.69, 9.17) is 12.2 Å². The molecule has 0 radical (unpaired) electrons. The Kier molecular flexibility index (Phi) is 3.99. The summed E-state index contributed by atoms with van der Waals surface area (Å²) in [6, 6.07) is 4.76. The van der Waals surface area contributed by atoms with Crippen LogP contribution in [0.1, 0.15) is 17.0 Å². The summed E-state index contributed by atoms with van der Waals surface area (Å²) in [6.45, 7) is 0.407. The van der Waals surface area contributed by atoms with Crippen molar-refractivity contribution < 1.29 is 22.7 Å². The van der Waals surface area contributed by atoms with Gasteiger partial charge in [-0.25, -0.2) is 0 Å². The number of hydrogen-bond donors (Lipinski definition) is 1. The van der Waals surface area contributed by atoms with Gasteiger partial charge in [-0.2, -0.15) is 13.2 Å². The van der Waals surface area contributed by atoms with Gasteiger partial charge < -0.3 is 10.1 Å². The lowest BCUT2D eigenvalue weighted by molar-refractivity contribution is -0.143. The van der Waals surface area contributed by atoms with Gasteiger partial charge in [0.25, 0.3) is 0 Å². The van der Waals surface area contributed by atoms with Crippen LogP contribution in [0.25, 0.3) is 0 Å². The van der Waals surface area contributed by atoms with Crippen molar-refractivity contribution in [3.05, 3.63) is 35.4 Å². The standard InChI is InChI=1S/C13H12F3NO2S/c1-19-12(18)10-9(6-17-11(10)20)7-2-4-8(5-3-7)13(14,15)16/h2-5,9-10H,6H2,1H3,(H,17,20). The molecular weight excluding hydrogens is 291 g/mol. The Morgan fingerprint density at radius 3 is 2.45 bits per heavy atom. The summed E-state index contributed by atoms with van der Waals surface area (Å²) in [5.74, 6) is -1.44. The molecule has 20 heavy (non-hydrogen) atoms. The number of thiocarbonyl (C=S) groups is 1. The summed E-state index contributed by atoms with van der Waals surface area (Å²) in [7, 11) is 1.26. The van der Waals surface area contributed by atoms with Crippen molar-refractivity contribution in [2.45, 2.75) is 12.1 Å². The van der Waals surface area contributed by atoms with Gasteiger partial charge in [0.05, 0.1) is 17.7 Å². The summed E-state index contributed by atoms with van der Waals surface area (Å²) >= 11 is 5.05. The quantitative estimate of drug-likeness (QED) is 0.673. The highest BCUT2D eigenvalue weighted by Crippen LogP contribution is 2.34. The van der Waals surface area contributed by atoms with Crippen LogP contribution >= 0.6 is 12.2 Å². The molecule has 108 valence electrons. The van der Waals surface area contributed by atoms with Gasteiger partial charge in [-0.15, -0.1) is 0 Å². The van der Waals surface area contributed by atoms with E-state index in [0.717, 1.165) is 12.1 Å². The first-order valence-corrected chi connectivity index (χ1v) is 6.28. The predicted molar refractivity (Wildman–Crippen MR) is 70.3 cm³/mol. The molecule has 0 bridgehead atoms. The van der Waals surface area contributed by atoms with Gasteiger partial charge in [-0.05, 0) is 17.7 Å². The van der Waals surface area contributed by atoms with Crippen LogP contribution in [0, 0.1) is 5.92 Å². The van der Waals surface area contributed by atoms with Crippen LogP contribution in [0.4, 0.5) is 13.2 Å². The molecule has 0 amide bonds. The Bertz CT molecular complexity index is 527. The Morgan fingerprint density at radius 1 is 1.35 bits per heavy atom. The molecule has 1 aliphatic rings. The van der Waals surface area contributed by atoms with Crippen LogP contribution in [0.2, 0.25) is 0 Å². The number of alkyl halides is 3. The zero-order valence-electron chi connectivity index (χ0n) is 10.5. The summed E-state index contributed by atoms with van der Waals surface area (Å²) in [4.78, 5) is 12.1. The van der Waals surface area contributed by atoms with E-state index in [1.807, 2.05) is 0 Å². The Labute approximate surface area is 119 Å². The average molecular weight is 303 g/mol. The second-order valence-electron chi connectivity index (χ2n) is 4.47. The summed E-state index contributed by atoms with van der Waals surface area (Å²) < 4.78 is 42.2. The van der Waals surface area contributed by atoms with Gasteiger partial charge in [0.15, 0.2) is 0 Å². The molecule has 0 aliphatic carbocycles. The van der Waals surface area contributed by atoms with Gasteiger partial charge in [0.2, 0.25) is 0 Å². The van der Waals surface area contributed by atoms with Crippen molar-refractivity contribution in [2.24, 2.45) is 5.92 Å². The Balaban J connectivity index is 2.27. The van der Waals surface area contributed by atoms with E-state index in [9.17, 15) is 18.0 Å². The number of ether oxygens (including phenoxy) is 1. The SMILES string of the molecule is COC(=O)C1C(=S)NCC1c1ccc(C(F)(F)F)cc1. The van der Waals surface area contributed by atoms with E-state index in [0.29, 0.717) is 17.1 Å². The third-order valence-electron chi connectivity index (χ3n) is 3.30. The largest absolute Gasteiger partial charge is 0.468 e. The molecule has 0 spiro atoms. The molecule has 1 N–H and O–H groups in total. The van der Waals surface area contributed by atoms with E-state index >= 15 is 0 Å². The first kappa shape index (κ1) is 14.8. The predicted octanol–water partition coefficient (Wildman–Crippen LogP) is 2.51. The minimum Gasteiger partial charge on any atom is -0.468 e. The van der Waals surface area contributed by atoms with Gasteiger partial charge in [0, 0.05) is 12.5 Å². The molecule has 0 saturated carbocycles. The molecule has 2 unspecified atom stereocenters. The van der Waals surface area contributed by atoms with Crippen LogP contribution in [0.5, 0.6) is 0 Å². The normalized spacial score (nSPS) is 22.5. The number of carbonyl (C=O) groups is 1. The highest BCUT2D eigenvalue weighted by molar-refractivity contribution is 7.80. The molecule has 3 nitrogen and oxygen atoms in total. The van der Waals surface area contributed by atoms with Crippen LogP contribution in [0.3, 0.4) is 0 Å². The maximum atomic E-state index is 12.5. The number of halogens is 3. The van der Waals surface area contributed by atoms with E-state index in [-0.39, 0.29) is 5.92 Å². The molecule has 2 rings (SSSR count). The van der Waals surface area contributed by atoms with Crippen LogP contribution in [0.15, 0.2) is 24.3 Å². The topological polar surface area (TPSA) is 38.3 Å². The first-order valence-electron chi connectivity index (χ1n) is 5.87. The molecule has 1 aromatic rings. The third-order valence-corrected chi connectivity index (χ3v) is 3.70. The third kappa shape index (κ3) is 2.77. The van der Waals surface area contributed by atoms with Crippen molar-refractivity contribution in [1.82, 2.24) is 5.32 Å². The number of esters is 1. The maximum Gasteiger partial charge on any atom is 0.416 e. The molecule has 1 aromatic carbocycles. The monoisotopic (exact) mass is 303 g/mol. The molecule has 1 fully saturated rings. The second-order valence-corrected chi connectivity index (χ2v) is 4.91. The zero-order valence-corrected chi connectivity index (χ0v) is 11.3. The highest BCUT2D eigenvalue weighted by Gasteiger charge is 2.39. The lowest BCUT2D eigenvalue weighted by atomic mass is 9.88. The van der Waals surface area contributed by atoms with Crippen molar-refractivity contribution in [1.29, 1.82) is 0 Å². The summed E-state index contributed by atoms with van der Waals surface area (Å²) in [5, 5.41) is 2.89. The molecule has 7 heteroatoms. The Hall–Kier alpha value is -1.63. The van der Waals surface area contributed by atoms with Crippen molar-refractivity contribution in [3.8, 4) is 0 Å². The van der Waals surface area contributed by atoms with Crippen LogP contribution in [-0.4, -0.2) is 24.6 Å². The van der Waals surface area contributed by atoms with E-state index in [1.165, 1.54) is 19.2 Å².